The van der Waals surface area contributed by atoms with Gasteiger partial charge < -0.3 is 0 Å². The summed E-state index contributed by atoms with van der Waals surface area (Å²) in [6.45, 7) is 5.08. The molecule has 0 amide bonds. The van der Waals surface area contributed by atoms with E-state index >= 15 is 0 Å². The SMILES string of the molecule is CCNC1(C#N)CCC1C. The second-order valence-electron chi connectivity index (χ2n) is 3.05. The van der Waals surface area contributed by atoms with Crippen LogP contribution in [0.15, 0.2) is 0 Å². The quantitative estimate of drug-likeness (QED) is 0.624. The van der Waals surface area contributed by atoms with Gasteiger partial charge in [0.15, 0.2) is 0 Å². The van der Waals surface area contributed by atoms with Crippen LogP contribution in [0, 0.1) is 17.2 Å². The first-order chi connectivity index (χ1) is 4.75. The van der Waals surface area contributed by atoms with Crippen LogP contribution in [-0.4, -0.2) is 12.1 Å². The van der Waals surface area contributed by atoms with Crippen LogP contribution in [0.2, 0.25) is 0 Å². The van der Waals surface area contributed by atoms with Crippen molar-refractivity contribution in [1.29, 1.82) is 5.26 Å². The van der Waals surface area contributed by atoms with Gasteiger partial charge in [-0.25, -0.2) is 0 Å². The molecule has 1 fully saturated rings. The molecule has 0 spiro atoms. The third-order valence-corrected chi connectivity index (χ3v) is 2.50. The van der Waals surface area contributed by atoms with Gasteiger partial charge in [-0.3, -0.25) is 5.32 Å². The molecule has 2 atom stereocenters. The molecule has 1 saturated carbocycles. The molecule has 0 aliphatic heterocycles. The first-order valence-electron chi connectivity index (χ1n) is 3.91. The molecule has 0 aromatic heterocycles. The van der Waals surface area contributed by atoms with Crippen molar-refractivity contribution < 1.29 is 0 Å². The Morgan fingerprint density at radius 3 is 2.60 bits per heavy atom. The highest BCUT2D eigenvalue weighted by atomic mass is 15.0. The van der Waals surface area contributed by atoms with Crippen molar-refractivity contribution in [2.24, 2.45) is 5.92 Å². The van der Waals surface area contributed by atoms with Gasteiger partial charge in [0.25, 0.3) is 0 Å². The van der Waals surface area contributed by atoms with Gasteiger partial charge in [0, 0.05) is 0 Å². The van der Waals surface area contributed by atoms with E-state index in [9.17, 15) is 0 Å². The molecule has 1 aliphatic carbocycles. The van der Waals surface area contributed by atoms with E-state index in [0.717, 1.165) is 13.0 Å². The third-order valence-electron chi connectivity index (χ3n) is 2.50. The van der Waals surface area contributed by atoms with Gasteiger partial charge in [-0.15, -0.1) is 0 Å². The molecular weight excluding hydrogens is 124 g/mol. The lowest BCUT2D eigenvalue weighted by Crippen LogP contribution is -2.55. The molecule has 0 heterocycles. The van der Waals surface area contributed by atoms with Crippen LogP contribution in [0.4, 0.5) is 0 Å². The zero-order chi connectivity index (χ0) is 7.61. The highest BCUT2D eigenvalue weighted by molar-refractivity contribution is 5.15. The van der Waals surface area contributed by atoms with Crippen LogP contribution in [0.1, 0.15) is 26.7 Å². The number of rotatable bonds is 2. The van der Waals surface area contributed by atoms with Gasteiger partial charge in [0.1, 0.15) is 5.54 Å². The van der Waals surface area contributed by atoms with E-state index in [4.69, 9.17) is 5.26 Å². The van der Waals surface area contributed by atoms with Gasteiger partial charge in [-0.2, -0.15) is 5.26 Å². The van der Waals surface area contributed by atoms with Gasteiger partial charge in [0.05, 0.1) is 6.07 Å². The van der Waals surface area contributed by atoms with Crippen LogP contribution in [0.3, 0.4) is 0 Å². The Bertz CT molecular complexity index is 159. The Morgan fingerprint density at radius 2 is 2.50 bits per heavy atom. The maximum atomic E-state index is 8.83. The highest BCUT2D eigenvalue weighted by Crippen LogP contribution is 2.37. The molecule has 2 unspecified atom stereocenters. The zero-order valence-electron chi connectivity index (χ0n) is 6.65. The van der Waals surface area contributed by atoms with Gasteiger partial charge >= 0.3 is 0 Å². The number of hydrogen-bond donors (Lipinski definition) is 1. The molecule has 1 rings (SSSR count). The van der Waals surface area contributed by atoms with E-state index in [0.29, 0.717) is 5.92 Å². The van der Waals surface area contributed by atoms with Crippen LogP contribution < -0.4 is 5.32 Å². The van der Waals surface area contributed by atoms with Crippen LogP contribution >= 0.6 is 0 Å². The summed E-state index contributed by atoms with van der Waals surface area (Å²) in [6.07, 6.45) is 2.22. The summed E-state index contributed by atoms with van der Waals surface area (Å²) in [5.74, 6) is 0.539. The topological polar surface area (TPSA) is 35.8 Å². The summed E-state index contributed by atoms with van der Waals surface area (Å²) < 4.78 is 0. The summed E-state index contributed by atoms with van der Waals surface area (Å²) in [5.41, 5.74) is -0.172. The number of hydrogen-bond acceptors (Lipinski definition) is 2. The number of nitrogens with zero attached hydrogens (tertiary/aromatic N) is 1. The molecule has 0 aromatic carbocycles. The van der Waals surface area contributed by atoms with Crippen molar-refractivity contribution in [1.82, 2.24) is 5.32 Å². The average Bonchev–Trinajstić information content (AvgIpc) is 1.97. The lowest BCUT2D eigenvalue weighted by molar-refractivity contribution is 0.159. The van der Waals surface area contributed by atoms with Crippen LogP contribution in [0.5, 0.6) is 0 Å². The van der Waals surface area contributed by atoms with E-state index < -0.39 is 0 Å². The molecular formula is C8H14N2. The number of nitrogens with one attached hydrogen (secondary N) is 1. The molecule has 10 heavy (non-hydrogen) atoms. The lowest BCUT2D eigenvalue weighted by atomic mass is 9.68. The van der Waals surface area contributed by atoms with Crippen LogP contribution in [0.25, 0.3) is 0 Å². The molecule has 0 bridgehead atoms. The van der Waals surface area contributed by atoms with Crippen LogP contribution in [-0.2, 0) is 0 Å². The van der Waals surface area contributed by atoms with Gasteiger partial charge in [-0.1, -0.05) is 13.8 Å². The van der Waals surface area contributed by atoms with E-state index in [1.165, 1.54) is 6.42 Å². The van der Waals surface area contributed by atoms with Crippen molar-refractivity contribution in [3.8, 4) is 6.07 Å². The van der Waals surface area contributed by atoms with Crippen molar-refractivity contribution in [2.75, 3.05) is 6.54 Å². The zero-order valence-corrected chi connectivity index (χ0v) is 6.65. The molecule has 1 aliphatic rings. The maximum absolute atomic E-state index is 8.83. The maximum Gasteiger partial charge on any atom is 0.109 e. The lowest BCUT2D eigenvalue weighted by Gasteiger charge is -2.42. The Kier molecular flexibility index (Phi) is 1.96. The van der Waals surface area contributed by atoms with Crippen molar-refractivity contribution in [2.45, 2.75) is 32.2 Å². The minimum Gasteiger partial charge on any atom is -0.299 e. The van der Waals surface area contributed by atoms with Crippen molar-refractivity contribution >= 4 is 0 Å². The summed E-state index contributed by atoms with van der Waals surface area (Å²) in [6, 6.07) is 2.35. The fourth-order valence-electron chi connectivity index (χ4n) is 1.51. The summed E-state index contributed by atoms with van der Waals surface area (Å²) >= 11 is 0. The van der Waals surface area contributed by atoms with Gasteiger partial charge in [0.2, 0.25) is 0 Å². The minimum atomic E-state index is -0.172. The first-order valence-corrected chi connectivity index (χ1v) is 3.91. The van der Waals surface area contributed by atoms with E-state index in [1.54, 1.807) is 0 Å². The predicted molar refractivity (Wildman–Crippen MR) is 40.4 cm³/mol. The summed E-state index contributed by atoms with van der Waals surface area (Å²) in [5, 5.41) is 12.1. The highest BCUT2D eigenvalue weighted by Gasteiger charge is 2.43. The smallest absolute Gasteiger partial charge is 0.109 e. The molecule has 0 saturated heterocycles. The monoisotopic (exact) mass is 138 g/mol. The fourth-order valence-corrected chi connectivity index (χ4v) is 1.51. The van der Waals surface area contributed by atoms with Crippen molar-refractivity contribution in [3.63, 3.8) is 0 Å². The Hall–Kier alpha value is -0.550. The summed E-state index contributed by atoms with van der Waals surface area (Å²) in [4.78, 5) is 0. The van der Waals surface area contributed by atoms with Crippen molar-refractivity contribution in [3.05, 3.63) is 0 Å². The molecule has 0 radical (unpaired) electrons. The van der Waals surface area contributed by atoms with E-state index in [2.05, 4.69) is 18.3 Å². The second-order valence-corrected chi connectivity index (χ2v) is 3.05. The second kappa shape index (κ2) is 2.59. The molecule has 1 N–H and O–H groups in total. The first kappa shape index (κ1) is 7.56. The summed E-state index contributed by atoms with van der Waals surface area (Å²) in [7, 11) is 0. The normalized spacial score (nSPS) is 38.3. The molecule has 0 aromatic rings. The molecule has 2 heteroatoms. The molecule has 2 nitrogen and oxygen atoms in total. The van der Waals surface area contributed by atoms with E-state index in [-0.39, 0.29) is 5.54 Å². The minimum absolute atomic E-state index is 0.172. The van der Waals surface area contributed by atoms with Gasteiger partial charge in [-0.05, 0) is 25.3 Å². The Balaban J connectivity index is 2.54. The largest absolute Gasteiger partial charge is 0.299 e. The van der Waals surface area contributed by atoms with E-state index in [1.807, 2.05) is 6.92 Å². The Morgan fingerprint density at radius 1 is 1.80 bits per heavy atom. The predicted octanol–water partition coefficient (Wildman–Crippen LogP) is 1.29. The number of nitriles is 1. The molecule has 56 valence electrons. The third kappa shape index (κ3) is 0.911. The fraction of sp³-hybridized carbons (Fsp3) is 0.875. The average molecular weight is 138 g/mol. The Labute approximate surface area is 62.2 Å². The standard InChI is InChI=1S/C8H14N2/c1-3-10-8(6-9)5-4-7(8)2/h7,10H,3-5H2,1-2H3.